The molecule has 0 radical (unpaired) electrons. The number of hydrogen-bond donors (Lipinski definition) is 0. The Kier molecular flexibility index (Phi) is 6.03. The lowest BCUT2D eigenvalue weighted by atomic mass is 9.52. The van der Waals surface area contributed by atoms with E-state index in [1.165, 1.54) is 18.1 Å². The van der Waals surface area contributed by atoms with Gasteiger partial charge in [0, 0.05) is 18.3 Å². The van der Waals surface area contributed by atoms with E-state index in [0.717, 1.165) is 32.1 Å². The zero-order chi connectivity index (χ0) is 21.4. The predicted molar refractivity (Wildman–Crippen MR) is 113 cm³/mol. The second-order valence-corrected chi connectivity index (χ2v) is 9.11. The molecule has 158 valence electrons. The van der Waals surface area contributed by atoms with Crippen molar-refractivity contribution in [1.29, 1.82) is 0 Å². The number of rotatable bonds is 3. The molecule has 2 fully saturated rings. The minimum atomic E-state index is -0.396. The van der Waals surface area contributed by atoms with Crippen LogP contribution < -0.4 is 0 Å². The van der Waals surface area contributed by atoms with E-state index in [-0.39, 0.29) is 34.9 Å². The van der Waals surface area contributed by atoms with E-state index in [1.807, 2.05) is 19.9 Å². The van der Waals surface area contributed by atoms with Crippen molar-refractivity contribution in [3.05, 3.63) is 35.5 Å². The van der Waals surface area contributed by atoms with Crippen molar-refractivity contribution in [3.63, 3.8) is 0 Å². The molecule has 4 nitrogen and oxygen atoms in total. The van der Waals surface area contributed by atoms with Gasteiger partial charge in [-0.05, 0) is 68.4 Å². The number of fused-ring (bicyclic) bond motifs is 5. The number of ether oxygens (including phenoxy) is 1. The summed E-state index contributed by atoms with van der Waals surface area (Å²) in [4.78, 5) is 35.7. The molecule has 4 aliphatic rings. The molecule has 29 heavy (non-hydrogen) atoms. The van der Waals surface area contributed by atoms with Crippen LogP contribution in [0.15, 0.2) is 35.5 Å². The van der Waals surface area contributed by atoms with Gasteiger partial charge in [-0.2, -0.15) is 0 Å². The van der Waals surface area contributed by atoms with Gasteiger partial charge in [0.05, 0.1) is 0 Å². The Hall–Kier alpha value is -1.97. The fourth-order valence-electron chi connectivity index (χ4n) is 6.32. The maximum absolute atomic E-state index is 12.7. The van der Waals surface area contributed by atoms with Crippen LogP contribution in [0.4, 0.5) is 0 Å². The van der Waals surface area contributed by atoms with Gasteiger partial charge in [-0.3, -0.25) is 14.4 Å². The van der Waals surface area contributed by atoms with Crippen molar-refractivity contribution < 1.29 is 19.1 Å². The normalized spacial score (nSPS) is 37.1. The largest absolute Gasteiger partial charge is 0.458 e. The van der Waals surface area contributed by atoms with E-state index in [1.54, 1.807) is 6.08 Å². The van der Waals surface area contributed by atoms with Gasteiger partial charge in [0.1, 0.15) is 6.61 Å². The number of ketones is 2. The van der Waals surface area contributed by atoms with Gasteiger partial charge in [-0.15, -0.1) is 0 Å². The zero-order valence-corrected chi connectivity index (χ0v) is 18.4. The van der Waals surface area contributed by atoms with E-state index in [2.05, 4.69) is 26.0 Å². The van der Waals surface area contributed by atoms with Crippen molar-refractivity contribution in [2.24, 2.45) is 28.6 Å². The van der Waals surface area contributed by atoms with Crippen molar-refractivity contribution >= 4 is 17.5 Å². The molecule has 2 saturated carbocycles. The molecule has 0 bridgehead atoms. The smallest absolute Gasteiger partial charge is 0.303 e. The topological polar surface area (TPSA) is 60.4 Å². The highest BCUT2D eigenvalue weighted by Crippen LogP contribution is 2.63. The lowest BCUT2D eigenvalue weighted by Gasteiger charge is -2.52. The fraction of sp³-hybridized carbons (Fsp3) is 0.640. The molecule has 0 heterocycles. The van der Waals surface area contributed by atoms with Crippen LogP contribution in [0.2, 0.25) is 0 Å². The quantitative estimate of drug-likeness (QED) is 0.496. The lowest BCUT2D eigenvalue weighted by molar-refractivity contribution is -0.148. The van der Waals surface area contributed by atoms with Gasteiger partial charge in [-0.1, -0.05) is 44.1 Å². The lowest BCUT2D eigenvalue weighted by Crippen LogP contribution is -2.45. The molecular weight excluding hydrogens is 364 g/mol. The van der Waals surface area contributed by atoms with Gasteiger partial charge in [-0.25, -0.2) is 0 Å². The second-order valence-electron chi connectivity index (χ2n) is 9.11. The third kappa shape index (κ3) is 3.55. The van der Waals surface area contributed by atoms with Crippen LogP contribution >= 0.6 is 0 Å². The third-order valence-electron chi connectivity index (χ3n) is 7.75. The molecule has 0 aliphatic heterocycles. The number of Topliss-reactive ketones (excluding diaryl/α,β-unsaturated/α-hetero) is 1. The van der Waals surface area contributed by atoms with E-state index in [0.29, 0.717) is 11.8 Å². The van der Waals surface area contributed by atoms with Crippen LogP contribution in [0.25, 0.3) is 0 Å². The second kappa shape index (κ2) is 8.04. The molecule has 2 unspecified atom stereocenters. The first-order valence-corrected chi connectivity index (χ1v) is 11.1. The molecule has 0 aromatic rings. The highest BCUT2D eigenvalue weighted by Gasteiger charge is 2.56. The first-order valence-electron chi connectivity index (χ1n) is 11.1. The van der Waals surface area contributed by atoms with Crippen LogP contribution in [-0.4, -0.2) is 24.1 Å². The zero-order valence-electron chi connectivity index (χ0n) is 18.4. The van der Waals surface area contributed by atoms with E-state index in [9.17, 15) is 14.4 Å². The Balaban J connectivity index is 0.00000117. The van der Waals surface area contributed by atoms with Gasteiger partial charge >= 0.3 is 5.97 Å². The first kappa shape index (κ1) is 21.7. The monoisotopic (exact) mass is 398 g/mol. The summed E-state index contributed by atoms with van der Waals surface area (Å²) in [6.07, 6.45) is 12.8. The first-order chi connectivity index (χ1) is 13.8. The molecule has 0 spiro atoms. The number of hydrogen-bond acceptors (Lipinski definition) is 4. The molecule has 0 aromatic heterocycles. The molecule has 5 atom stereocenters. The maximum Gasteiger partial charge on any atom is 0.303 e. The summed E-state index contributed by atoms with van der Waals surface area (Å²) >= 11 is 0. The molecule has 4 heteroatoms. The Bertz CT molecular complexity index is 802. The summed E-state index contributed by atoms with van der Waals surface area (Å²) in [6.45, 7) is 9.74. The summed E-state index contributed by atoms with van der Waals surface area (Å²) in [7, 11) is 0. The Morgan fingerprint density at radius 2 is 1.90 bits per heavy atom. The summed E-state index contributed by atoms with van der Waals surface area (Å²) in [5.41, 5.74) is 2.48. The van der Waals surface area contributed by atoms with Gasteiger partial charge in [0.15, 0.2) is 11.6 Å². The minimum absolute atomic E-state index is 0.0344. The highest BCUT2D eigenvalue weighted by atomic mass is 16.5. The molecule has 0 saturated heterocycles. The van der Waals surface area contributed by atoms with Gasteiger partial charge in [0.2, 0.25) is 0 Å². The standard InChI is InChI=1S/C23H28O4.C2H6/c1-14(24)27-13-21(26)20-7-6-18-17-5-4-15-12-16(25)8-10-22(15,2)19(17)9-11-23(18,20)3;1-2/h8-10,12,17-18,20H,4-7,11,13H2,1-3H3;1-2H3/t17?,18?,20-,22+,23+;/m1./s1. The van der Waals surface area contributed by atoms with E-state index in [4.69, 9.17) is 4.74 Å². The summed E-state index contributed by atoms with van der Waals surface area (Å²) in [5.74, 6) is 0.681. The molecule has 4 rings (SSSR count). The van der Waals surface area contributed by atoms with Gasteiger partial charge < -0.3 is 4.74 Å². The summed E-state index contributed by atoms with van der Waals surface area (Å²) in [5, 5.41) is 0. The average molecular weight is 399 g/mol. The number of carbonyl (C=O) groups is 3. The molecule has 0 amide bonds. The van der Waals surface area contributed by atoms with E-state index < -0.39 is 5.97 Å². The molecule has 0 N–H and O–H groups in total. The van der Waals surface area contributed by atoms with Gasteiger partial charge in [0.25, 0.3) is 0 Å². The number of allylic oxidation sites excluding steroid dienone is 6. The van der Waals surface area contributed by atoms with Crippen molar-refractivity contribution in [1.82, 2.24) is 0 Å². The SMILES string of the molecule is CC.CC(=O)OCC(=O)[C@H]1CCC2C3CCC4=CC(=O)C=C[C@]4(C)C3=CC[C@@]21C. The molecular formula is C25H34O4. The van der Waals surface area contributed by atoms with Crippen LogP contribution in [0, 0.1) is 28.6 Å². The Morgan fingerprint density at radius 1 is 1.17 bits per heavy atom. The molecule has 0 aromatic carbocycles. The van der Waals surface area contributed by atoms with E-state index >= 15 is 0 Å². The maximum atomic E-state index is 12.7. The van der Waals surface area contributed by atoms with Crippen LogP contribution in [0.3, 0.4) is 0 Å². The Morgan fingerprint density at radius 3 is 2.59 bits per heavy atom. The molecule has 4 aliphatic carbocycles. The Labute approximate surface area is 174 Å². The summed E-state index contributed by atoms with van der Waals surface area (Å²) in [6, 6.07) is 0. The minimum Gasteiger partial charge on any atom is -0.458 e. The number of esters is 1. The van der Waals surface area contributed by atoms with Crippen LogP contribution in [0.5, 0.6) is 0 Å². The average Bonchev–Trinajstić information content (AvgIpc) is 3.05. The third-order valence-corrected chi connectivity index (χ3v) is 7.75. The van der Waals surface area contributed by atoms with Crippen LogP contribution in [0.1, 0.15) is 66.7 Å². The summed E-state index contributed by atoms with van der Waals surface area (Å²) < 4.78 is 4.99. The number of carbonyl (C=O) groups excluding carboxylic acids is 3. The van der Waals surface area contributed by atoms with Crippen LogP contribution in [-0.2, 0) is 19.1 Å². The predicted octanol–water partition coefficient (Wildman–Crippen LogP) is 4.99. The fourth-order valence-corrected chi connectivity index (χ4v) is 6.32. The van der Waals surface area contributed by atoms with Crippen molar-refractivity contribution in [2.75, 3.05) is 6.61 Å². The van der Waals surface area contributed by atoms with Crippen molar-refractivity contribution in [3.8, 4) is 0 Å². The highest BCUT2D eigenvalue weighted by molar-refractivity contribution is 6.01. The van der Waals surface area contributed by atoms with Crippen molar-refractivity contribution in [2.45, 2.75) is 66.7 Å².